The summed E-state index contributed by atoms with van der Waals surface area (Å²) in [6, 6.07) is 24.3. The van der Waals surface area contributed by atoms with Crippen LogP contribution in [-0.4, -0.2) is 31.6 Å². The first-order valence-corrected chi connectivity index (χ1v) is 9.73. The lowest BCUT2D eigenvalue weighted by molar-refractivity contribution is -0.133. The molecule has 0 saturated heterocycles. The van der Waals surface area contributed by atoms with E-state index in [1.807, 2.05) is 42.5 Å². The maximum atomic E-state index is 12.2. The number of hydrogen-bond acceptors (Lipinski definition) is 5. The average Bonchev–Trinajstić information content (AvgIpc) is 2.82. The van der Waals surface area contributed by atoms with Crippen molar-refractivity contribution >= 4 is 11.8 Å². The van der Waals surface area contributed by atoms with Gasteiger partial charge >= 0.3 is 0 Å². The normalized spacial score (nSPS) is 11.2. The van der Waals surface area contributed by atoms with Gasteiger partial charge in [-0.05, 0) is 42.3 Å². The largest absolute Gasteiger partial charge is 0.493 e. The highest BCUT2D eigenvalue weighted by atomic mass is 16.5. The smallest absolute Gasteiger partial charge is 0.279 e. The summed E-state index contributed by atoms with van der Waals surface area (Å²) in [5.41, 5.74) is 6.78. The van der Waals surface area contributed by atoms with E-state index in [9.17, 15) is 9.59 Å². The Labute approximate surface area is 180 Å². The molecule has 0 aromatic heterocycles. The maximum absolute atomic E-state index is 12.2. The number of para-hydroxylation sites is 2. The summed E-state index contributed by atoms with van der Waals surface area (Å²) in [6.07, 6.45) is -0.844. The molecule has 3 aromatic rings. The molecule has 2 N–H and O–H groups in total. The van der Waals surface area contributed by atoms with Gasteiger partial charge in [-0.3, -0.25) is 20.4 Å². The number of amides is 2. The van der Waals surface area contributed by atoms with Crippen LogP contribution in [0.4, 0.5) is 0 Å². The molecule has 2 amide bonds. The SMILES string of the molecule is COc1ccccc1OC(C)C(=O)NNC(=O)COc1ccc(-c2ccccc2)cc1. The summed E-state index contributed by atoms with van der Waals surface area (Å²) in [6.45, 7) is 1.32. The van der Waals surface area contributed by atoms with Gasteiger partial charge in [0.2, 0.25) is 0 Å². The molecule has 3 rings (SSSR count). The van der Waals surface area contributed by atoms with Crippen LogP contribution in [0.5, 0.6) is 17.2 Å². The van der Waals surface area contributed by atoms with E-state index >= 15 is 0 Å². The van der Waals surface area contributed by atoms with Gasteiger partial charge in [0.1, 0.15) is 5.75 Å². The molecule has 0 spiro atoms. The third-order valence-corrected chi connectivity index (χ3v) is 4.40. The van der Waals surface area contributed by atoms with Crippen molar-refractivity contribution in [2.75, 3.05) is 13.7 Å². The van der Waals surface area contributed by atoms with Crippen LogP contribution in [0, 0.1) is 0 Å². The first-order chi connectivity index (χ1) is 15.1. The molecule has 1 atom stereocenters. The van der Waals surface area contributed by atoms with Crippen molar-refractivity contribution in [3.8, 4) is 28.4 Å². The minimum Gasteiger partial charge on any atom is -0.493 e. The Hall–Kier alpha value is -4.00. The quantitative estimate of drug-likeness (QED) is 0.546. The number of carbonyl (C=O) groups excluding carboxylic acids is 2. The van der Waals surface area contributed by atoms with Gasteiger partial charge in [0.05, 0.1) is 7.11 Å². The number of nitrogens with one attached hydrogen (secondary N) is 2. The topological polar surface area (TPSA) is 85.9 Å². The zero-order valence-electron chi connectivity index (χ0n) is 17.3. The lowest BCUT2D eigenvalue weighted by atomic mass is 10.1. The van der Waals surface area contributed by atoms with Gasteiger partial charge < -0.3 is 14.2 Å². The van der Waals surface area contributed by atoms with Crippen LogP contribution in [0.3, 0.4) is 0 Å². The van der Waals surface area contributed by atoms with Crippen molar-refractivity contribution in [1.82, 2.24) is 10.9 Å². The minimum atomic E-state index is -0.844. The molecule has 31 heavy (non-hydrogen) atoms. The number of carbonyl (C=O) groups is 2. The second-order valence-corrected chi connectivity index (χ2v) is 6.63. The number of rotatable bonds is 8. The van der Waals surface area contributed by atoms with E-state index < -0.39 is 17.9 Å². The van der Waals surface area contributed by atoms with Crippen LogP contribution in [0.2, 0.25) is 0 Å². The predicted octanol–water partition coefficient (Wildman–Crippen LogP) is 3.36. The van der Waals surface area contributed by atoms with Crippen molar-refractivity contribution in [3.05, 3.63) is 78.9 Å². The van der Waals surface area contributed by atoms with Gasteiger partial charge in [0.25, 0.3) is 11.8 Å². The molecule has 7 nitrogen and oxygen atoms in total. The van der Waals surface area contributed by atoms with Crippen LogP contribution in [-0.2, 0) is 9.59 Å². The molecular formula is C24H24N2O5. The second kappa shape index (κ2) is 10.7. The average molecular weight is 420 g/mol. The molecule has 3 aromatic carbocycles. The second-order valence-electron chi connectivity index (χ2n) is 6.63. The van der Waals surface area contributed by atoms with Crippen molar-refractivity contribution in [2.24, 2.45) is 0 Å². The summed E-state index contributed by atoms with van der Waals surface area (Å²) in [5, 5.41) is 0. The molecule has 160 valence electrons. The Morgan fingerprint density at radius 1 is 0.806 bits per heavy atom. The number of hydrazine groups is 1. The van der Waals surface area contributed by atoms with E-state index in [0.717, 1.165) is 11.1 Å². The number of hydrogen-bond donors (Lipinski definition) is 2. The van der Waals surface area contributed by atoms with Crippen LogP contribution < -0.4 is 25.1 Å². The maximum Gasteiger partial charge on any atom is 0.279 e. The molecule has 0 aliphatic rings. The summed E-state index contributed by atoms with van der Waals surface area (Å²) < 4.78 is 16.2. The number of benzene rings is 3. The summed E-state index contributed by atoms with van der Waals surface area (Å²) in [4.78, 5) is 24.1. The first kappa shape index (κ1) is 21.7. The fraction of sp³-hybridized carbons (Fsp3) is 0.167. The highest BCUT2D eigenvalue weighted by molar-refractivity contribution is 5.85. The van der Waals surface area contributed by atoms with Crippen LogP contribution >= 0.6 is 0 Å². The van der Waals surface area contributed by atoms with E-state index in [2.05, 4.69) is 10.9 Å². The van der Waals surface area contributed by atoms with E-state index in [0.29, 0.717) is 17.2 Å². The van der Waals surface area contributed by atoms with E-state index in [-0.39, 0.29) is 6.61 Å². The molecule has 0 heterocycles. The van der Waals surface area contributed by atoms with Crippen molar-refractivity contribution in [3.63, 3.8) is 0 Å². The van der Waals surface area contributed by atoms with Crippen molar-refractivity contribution in [1.29, 1.82) is 0 Å². The van der Waals surface area contributed by atoms with Gasteiger partial charge in [-0.25, -0.2) is 0 Å². The number of methoxy groups -OCH3 is 1. The lowest BCUT2D eigenvalue weighted by Gasteiger charge is -2.17. The molecule has 0 aliphatic heterocycles. The fourth-order valence-electron chi connectivity index (χ4n) is 2.75. The monoisotopic (exact) mass is 420 g/mol. The highest BCUT2D eigenvalue weighted by Gasteiger charge is 2.17. The van der Waals surface area contributed by atoms with Crippen molar-refractivity contribution < 1.29 is 23.8 Å². The zero-order valence-corrected chi connectivity index (χ0v) is 17.3. The van der Waals surface area contributed by atoms with Gasteiger partial charge in [0.15, 0.2) is 24.2 Å². The van der Waals surface area contributed by atoms with Gasteiger partial charge in [-0.2, -0.15) is 0 Å². The highest BCUT2D eigenvalue weighted by Crippen LogP contribution is 2.26. The molecule has 0 bridgehead atoms. The predicted molar refractivity (Wildman–Crippen MR) is 117 cm³/mol. The van der Waals surface area contributed by atoms with Gasteiger partial charge in [-0.15, -0.1) is 0 Å². The van der Waals surface area contributed by atoms with Gasteiger partial charge in [0, 0.05) is 0 Å². The molecular weight excluding hydrogens is 396 g/mol. The Kier molecular flexibility index (Phi) is 7.48. The first-order valence-electron chi connectivity index (χ1n) is 9.73. The Bertz CT molecular complexity index is 1010. The minimum absolute atomic E-state index is 0.243. The van der Waals surface area contributed by atoms with Crippen LogP contribution in [0.15, 0.2) is 78.9 Å². The van der Waals surface area contributed by atoms with E-state index in [1.165, 1.54) is 7.11 Å². The van der Waals surface area contributed by atoms with E-state index in [4.69, 9.17) is 14.2 Å². The Morgan fingerprint density at radius 3 is 2.10 bits per heavy atom. The molecule has 0 aliphatic carbocycles. The van der Waals surface area contributed by atoms with Gasteiger partial charge in [-0.1, -0.05) is 54.6 Å². The Balaban J connectivity index is 1.43. The van der Waals surface area contributed by atoms with Crippen LogP contribution in [0.1, 0.15) is 6.92 Å². The Morgan fingerprint density at radius 2 is 1.42 bits per heavy atom. The van der Waals surface area contributed by atoms with E-state index in [1.54, 1.807) is 43.3 Å². The summed E-state index contributed by atoms with van der Waals surface area (Å²) in [7, 11) is 1.52. The lowest BCUT2D eigenvalue weighted by Crippen LogP contribution is -2.48. The third-order valence-electron chi connectivity index (χ3n) is 4.40. The standard InChI is InChI=1S/C24H24N2O5/c1-17(31-22-11-7-6-10-21(22)29-2)24(28)26-25-23(27)16-30-20-14-12-19(13-15-20)18-8-4-3-5-9-18/h3-15,17H,16H2,1-2H3,(H,25,27)(H,26,28). The van der Waals surface area contributed by atoms with Crippen LogP contribution in [0.25, 0.3) is 11.1 Å². The molecule has 7 heteroatoms. The summed E-state index contributed by atoms with van der Waals surface area (Å²) in [5.74, 6) is 0.490. The zero-order chi connectivity index (χ0) is 22.1. The van der Waals surface area contributed by atoms with Crippen molar-refractivity contribution in [2.45, 2.75) is 13.0 Å². The fourth-order valence-corrected chi connectivity index (χ4v) is 2.75. The third kappa shape index (κ3) is 6.24. The number of ether oxygens (including phenoxy) is 3. The molecule has 0 radical (unpaired) electrons. The molecule has 0 saturated carbocycles. The molecule has 1 unspecified atom stereocenters. The summed E-state index contributed by atoms with van der Waals surface area (Å²) >= 11 is 0. The molecule has 0 fully saturated rings.